The molecule has 1 aliphatic rings. The molecule has 126 valence electrons. The molecule has 0 saturated heterocycles. The number of amides is 2. The minimum absolute atomic E-state index is 0.0191. The first-order chi connectivity index (χ1) is 10.9. The fraction of sp³-hybridized carbons (Fsp3) is 0.529. The van der Waals surface area contributed by atoms with E-state index in [9.17, 15) is 9.59 Å². The van der Waals surface area contributed by atoms with Crippen molar-refractivity contribution in [3.8, 4) is 0 Å². The van der Waals surface area contributed by atoms with Crippen molar-refractivity contribution in [2.45, 2.75) is 31.2 Å². The van der Waals surface area contributed by atoms with E-state index in [1.165, 1.54) is 11.8 Å². The van der Waals surface area contributed by atoms with Gasteiger partial charge in [-0.25, -0.2) is 0 Å². The van der Waals surface area contributed by atoms with Gasteiger partial charge in [-0.05, 0) is 24.5 Å². The number of carbonyl (C=O) groups is 2. The quantitative estimate of drug-likeness (QED) is 0.863. The predicted molar refractivity (Wildman–Crippen MR) is 94.6 cm³/mol. The van der Waals surface area contributed by atoms with Crippen LogP contribution in [0.25, 0.3) is 0 Å². The SMILES string of the molecule is CC(C)C(N)CCN(C)C(=O)CN1C(=O)CSc2ccccc21. The highest BCUT2D eigenvalue weighted by Crippen LogP contribution is 2.34. The summed E-state index contributed by atoms with van der Waals surface area (Å²) in [5.41, 5.74) is 6.86. The zero-order valence-corrected chi connectivity index (χ0v) is 14.8. The van der Waals surface area contributed by atoms with E-state index in [0.29, 0.717) is 18.2 Å². The Hall–Kier alpha value is -1.53. The summed E-state index contributed by atoms with van der Waals surface area (Å²) in [5.74, 6) is 0.697. The number of fused-ring (bicyclic) bond motifs is 1. The number of thioether (sulfide) groups is 1. The van der Waals surface area contributed by atoms with Crippen molar-refractivity contribution in [1.29, 1.82) is 0 Å². The van der Waals surface area contributed by atoms with E-state index in [2.05, 4.69) is 13.8 Å². The van der Waals surface area contributed by atoms with Crippen molar-refractivity contribution in [1.82, 2.24) is 4.90 Å². The second-order valence-corrected chi connectivity index (χ2v) is 7.27. The van der Waals surface area contributed by atoms with Crippen LogP contribution >= 0.6 is 11.8 Å². The first kappa shape index (κ1) is 17.8. The second kappa shape index (κ2) is 7.84. The van der Waals surface area contributed by atoms with Gasteiger partial charge in [0.15, 0.2) is 0 Å². The molecule has 0 aliphatic carbocycles. The summed E-state index contributed by atoms with van der Waals surface area (Å²) in [6.07, 6.45) is 0.764. The molecular weight excluding hydrogens is 310 g/mol. The Bertz CT molecular complexity index is 577. The Morgan fingerprint density at radius 3 is 2.78 bits per heavy atom. The molecule has 1 unspecified atom stereocenters. The number of nitrogens with zero attached hydrogens (tertiary/aromatic N) is 2. The van der Waals surface area contributed by atoms with Gasteiger partial charge < -0.3 is 15.5 Å². The Morgan fingerprint density at radius 1 is 1.39 bits per heavy atom. The summed E-state index contributed by atoms with van der Waals surface area (Å²) < 4.78 is 0. The lowest BCUT2D eigenvalue weighted by atomic mass is 10.0. The Balaban J connectivity index is 1.98. The Kier molecular flexibility index (Phi) is 6.07. The normalized spacial score (nSPS) is 15.5. The van der Waals surface area contributed by atoms with Crippen LogP contribution < -0.4 is 10.6 Å². The van der Waals surface area contributed by atoms with Crippen LogP contribution in [-0.4, -0.2) is 48.6 Å². The first-order valence-electron chi connectivity index (χ1n) is 7.92. The number of para-hydroxylation sites is 1. The van der Waals surface area contributed by atoms with Gasteiger partial charge in [-0.2, -0.15) is 0 Å². The van der Waals surface area contributed by atoms with Crippen LogP contribution in [0.3, 0.4) is 0 Å². The van der Waals surface area contributed by atoms with Gasteiger partial charge in [0.2, 0.25) is 11.8 Å². The van der Waals surface area contributed by atoms with E-state index >= 15 is 0 Å². The van der Waals surface area contributed by atoms with Crippen molar-refractivity contribution in [3.05, 3.63) is 24.3 Å². The first-order valence-corrected chi connectivity index (χ1v) is 8.90. The van der Waals surface area contributed by atoms with Crippen molar-refractivity contribution in [3.63, 3.8) is 0 Å². The molecule has 1 atom stereocenters. The molecule has 6 heteroatoms. The van der Waals surface area contributed by atoms with Gasteiger partial charge in [-0.1, -0.05) is 26.0 Å². The van der Waals surface area contributed by atoms with Crippen molar-refractivity contribution in [2.75, 3.05) is 30.8 Å². The van der Waals surface area contributed by atoms with E-state index in [1.54, 1.807) is 16.8 Å². The number of hydrogen-bond acceptors (Lipinski definition) is 4. The molecule has 2 N–H and O–H groups in total. The number of nitrogens with two attached hydrogens (primary N) is 1. The van der Waals surface area contributed by atoms with Crippen LogP contribution in [0.15, 0.2) is 29.2 Å². The smallest absolute Gasteiger partial charge is 0.242 e. The number of rotatable bonds is 6. The summed E-state index contributed by atoms with van der Waals surface area (Å²) in [7, 11) is 1.77. The molecule has 5 nitrogen and oxygen atoms in total. The second-order valence-electron chi connectivity index (χ2n) is 6.25. The molecule has 1 aromatic carbocycles. The minimum Gasteiger partial charge on any atom is -0.344 e. The number of carbonyl (C=O) groups excluding carboxylic acids is 2. The maximum Gasteiger partial charge on any atom is 0.242 e. The maximum absolute atomic E-state index is 12.4. The Morgan fingerprint density at radius 2 is 2.09 bits per heavy atom. The van der Waals surface area contributed by atoms with Crippen LogP contribution in [0, 0.1) is 5.92 Å². The van der Waals surface area contributed by atoms with Crippen LogP contribution in [0.4, 0.5) is 5.69 Å². The highest BCUT2D eigenvalue weighted by atomic mass is 32.2. The highest BCUT2D eigenvalue weighted by Gasteiger charge is 2.27. The van der Waals surface area contributed by atoms with Crippen molar-refractivity contribution in [2.24, 2.45) is 11.7 Å². The zero-order valence-electron chi connectivity index (χ0n) is 14.0. The van der Waals surface area contributed by atoms with Crippen molar-refractivity contribution >= 4 is 29.3 Å². The third-order valence-corrected chi connectivity index (χ3v) is 5.23. The zero-order chi connectivity index (χ0) is 17.0. The van der Waals surface area contributed by atoms with E-state index in [-0.39, 0.29) is 24.4 Å². The summed E-state index contributed by atoms with van der Waals surface area (Å²) in [6, 6.07) is 7.79. The highest BCUT2D eigenvalue weighted by molar-refractivity contribution is 8.00. The topological polar surface area (TPSA) is 66.6 Å². The lowest BCUT2D eigenvalue weighted by molar-refractivity contribution is -0.130. The van der Waals surface area contributed by atoms with Crippen LogP contribution in [0.2, 0.25) is 0 Å². The average molecular weight is 335 g/mol. The molecule has 1 aliphatic heterocycles. The fourth-order valence-corrected chi connectivity index (χ4v) is 3.32. The van der Waals surface area contributed by atoms with E-state index < -0.39 is 0 Å². The Labute approximate surface area is 142 Å². The maximum atomic E-state index is 12.4. The lowest BCUT2D eigenvalue weighted by Crippen LogP contribution is -2.44. The molecule has 0 radical (unpaired) electrons. The molecule has 1 aromatic rings. The summed E-state index contributed by atoms with van der Waals surface area (Å²) in [5, 5.41) is 0. The number of benzene rings is 1. The largest absolute Gasteiger partial charge is 0.344 e. The van der Waals surface area contributed by atoms with E-state index in [1.807, 2.05) is 24.3 Å². The molecule has 0 spiro atoms. The van der Waals surface area contributed by atoms with E-state index in [0.717, 1.165) is 17.0 Å². The average Bonchev–Trinajstić information content (AvgIpc) is 2.54. The molecule has 1 heterocycles. The minimum atomic E-state index is -0.0593. The van der Waals surface area contributed by atoms with Crippen molar-refractivity contribution < 1.29 is 9.59 Å². The fourth-order valence-electron chi connectivity index (χ4n) is 2.38. The third kappa shape index (κ3) is 4.48. The monoisotopic (exact) mass is 335 g/mol. The predicted octanol–water partition coefficient (Wildman–Crippen LogP) is 1.96. The van der Waals surface area contributed by atoms with Gasteiger partial charge in [0, 0.05) is 24.5 Å². The van der Waals surface area contributed by atoms with Gasteiger partial charge in [-0.15, -0.1) is 11.8 Å². The summed E-state index contributed by atoms with van der Waals surface area (Å²) in [4.78, 5) is 28.9. The number of likely N-dealkylation sites (N-methyl/N-ethyl adjacent to an activating group) is 1. The molecule has 0 aromatic heterocycles. The third-order valence-electron chi connectivity index (χ3n) is 4.18. The van der Waals surface area contributed by atoms with Gasteiger partial charge in [-0.3, -0.25) is 9.59 Å². The molecule has 23 heavy (non-hydrogen) atoms. The molecule has 0 bridgehead atoms. The lowest BCUT2D eigenvalue weighted by Gasteiger charge is -2.30. The van der Waals surface area contributed by atoms with Gasteiger partial charge in [0.1, 0.15) is 6.54 Å². The summed E-state index contributed by atoms with van der Waals surface area (Å²) >= 11 is 1.52. The van der Waals surface area contributed by atoms with Gasteiger partial charge in [0.25, 0.3) is 0 Å². The van der Waals surface area contributed by atoms with Crippen LogP contribution in [-0.2, 0) is 9.59 Å². The number of hydrogen-bond donors (Lipinski definition) is 1. The van der Waals surface area contributed by atoms with Crippen LogP contribution in [0.1, 0.15) is 20.3 Å². The van der Waals surface area contributed by atoms with Gasteiger partial charge >= 0.3 is 0 Å². The summed E-state index contributed by atoms with van der Waals surface area (Å²) in [6.45, 7) is 4.85. The molecule has 0 fully saturated rings. The van der Waals surface area contributed by atoms with Gasteiger partial charge in [0.05, 0.1) is 11.4 Å². The molecular formula is C17H25N3O2S. The molecule has 0 saturated carbocycles. The standard InChI is InChI=1S/C17H25N3O2S/c1-12(2)13(18)8-9-19(3)16(21)10-20-14-6-4-5-7-15(14)23-11-17(20)22/h4-7,12-13H,8-11,18H2,1-3H3. The molecule has 2 rings (SSSR count). The number of anilines is 1. The molecule has 2 amide bonds. The van der Waals surface area contributed by atoms with E-state index in [4.69, 9.17) is 5.73 Å². The van der Waals surface area contributed by atoms with Crippen LogP contribution in [0.5, 0.6) is 0 Å².